The monoisotopic (exact) mass is 280 g/mol. The van der Waals surface area contributed by atoms with E-state index in [1.807, 2.05) is 41.8 Å². The molecule has 0 heterocycles. The van der Waals surface area contributed by atoms with Crippen molar-refractivity contribution in [2.75, 3.05) is 0 Å². The van der Waals surface area contributed by atoms with Crippen molar-refractivity contribution >= 4 is 33.4 Å². The molecule has 1 amide bonds. The van der Waals surface area contributed by atoms with E-state index in [4.69, 9.17) is 5.84 Å². The number of fused-ring (bicyclic) bond motifs is 2. The summed E-state index contributed by atoms with van der Waals surface area (Å²) in [6.45, 7) is 0. The normalized spacial score (nSPS) is 10.7. The van der Waals surface area contributed by atoms with Gasteiger partial charge in [-0.25, -0.2) is 10.6 Å². The van der Waals surface area contributed by atoms with Gasteiger partial charge in [0.1, 0.15) is 0 Å². The maximum Gasteiger partial charge on any atom is 0.336 e. The zero-order chi connectivity index (χ0) is 15.0. The molecule has 0 aliphatic rings. The van der Waals surface area contributed by atoms with E-state index in [1.54, 1.807) is 6.07 Å². The molecule has 0 aromatic heterocycles. The summed E-state index contributed by atoms with van der Waals surface area (Å²) >= 11 is 0. The third-order valence-electron chi connectivity index (χ3n) is 3.45. The second kappa shape index (κ2) is 4.88. The number of carbonyl (C=O) groups excluding carboxylic acids is 1. The molecule has 0 fully saturated rings. The van der Waals surface area contributed by atoms with Crippen molar-refractivity contribution in [2.24, 2.45) is 5.84 Å². The van der Waals surface area contributed by atoms with Crippen molar-refractivity contribution in [1.29, 1.82) is 0 Å². The summed E-state index contributed by atoms with van der Waals surface area (Å²) < 4.78 is 0. The van der Waals surface area contributed by atoms with Crippen LogP contribution in [0.2, 0.25) is 0 Å². The number of amides is 1. The van der Waals surface area contributed by atoms with Gasteiger partial charge in [0, 0.05) is 0 Å². The molecule has 5 heteroatoms. The quantitative estimate of drug-likeness (QED) is 0.290. The first-order chi connectivity index (χ1) is 10.1. The molecule has 0 aliphatic heterocycles. The maximum atomic E-state index is 11.7. The Balaban J connectivity index is 2.36. The minimum absolute atomic E-state index is 0.0489. The molecule has 0 radical (unpaired) electrons. The first-order valence-corrected chi connectivity index (χ1v) is 6.31. The Kier molecular flexibility index (Phi) is 3.04. The van der Waals surface area contributed by atoms with E-state index in [2.05, 4.69) is 0 Å². The average Bonchev–Trinajstić information content (AvgIpc) is 2.50. The van der Waals surface area contributed by atoms with Crippen LogP contribution in [-0.4, -0.2) is 17.0 Å². The molecule has 21 heavy (non-hydrogen) atoms. The molecule has 0 spiro atoms. The predicted octanol–water partition coefficient (Wildman–Crippen LogP) is 2.29. The zero-order valence-electron chi connectivity index (χ0n) is 11.0. The van der Waals surface area contributed by atoms with Gasteiger partial charge in [-0.2, -0.15) is 0 Å². The van der Waals surface area contributed by atoms with Crippen molar-refractivity contribution in [1.82, 2.24) is 5.43 Å². The molecule has 0 unspecified atom stereocenters. The SMILES string of the molecule is NNC(=O)c1cc2cc3ccccc3cc2cc1C(=O)O. The Morgan fingerprint density at radius 3 is 1.86 bits per heavy atom. The molecule has 3 rings (SSSR count). The van der Waals surface area contributed by atoms with Crippen LogP contribution in [0.4, 0.5) is 0 Å². The number of hydrogen-bond acceptors (Lipinski definition) is 3. The van der Waals surface area contributed by atoms with E-state index in [0.717, 1.165) is 21.5 Å². The second-order valence-corrected chi connectivity index (χ2v) is 4.72. The highest BCUT2D eigenvalue weighted by atomic mass is 16.4. The fourth-order valence-electron chi connectivity index (χ4n) is 2.43. The lowest BCUT2D eigenvalue weighted by atomic mass is 9.97. The molecule has 0 saturated heterocycles. The van der Waals surface area contributed by atoms with Crippen LogP contribution in [0.5, 0.6) is 0 Å². The average molecular weight is 280 g/mol. The van der Waals surface area contributed by atoms with Gasteiger partial charge in [-0.15, -0.1) is 0 Å². The third-order valence-corrected chi connectivity index (χ3v) is 3.45. The van der Waals surface area contributed by atoms with Crippen molar-refractivity contribution in [3.8, 4) is 0 Å². The van der Waals surface area contributed by atoms with E-state index < -0.39 is 11.9 Å². The molecule has 5 nitrogen and oxygen atoms in total. The summed E-state index contributed by atoms with van der Waals surface area (Å²) in [4.78, 5) is 23.1. The second-order valence-electron chi connectivity index (χ2n) is 4.72. The first kappa shape index (κ1) is 13.1. The Bertz CT molecular complexity index is 887. The smallest absolute Gasteiger partial charge is 0.336 e. The fourth-order valence-corrected chi connectivity index (χ4v) is 2.43. The summed E-state index contributed by atoms with van der Waals surface area (Å²) in [5, 5.41) is 12.8. The number of carbonyl (C=O) groups is 2. The Labute approximate surface area is 120 Å². The number of benzene rings is 3. The Morgan fingerprint density at radius 1 is 0.857 bits per heavy atom. The highest BCUT2D eigenvalue weighted by molar-refractivity contribution is 6.10. The number of nitrogens with two attached hydrogens (primary N) is 1. The van der Waals surface area contributed by atoms with Gasteiger partial charge in [-0.3, -0.25) is 10.2 Å². The zero-order valence-corrected chi connectivity index (χ0v) is 11.0. The summed E-state index contributed by atoms with van der Waals surface area (Å²) in [5.41, 5.74) is 1.96. The number of hydrogen-bond donors (Lipinski definition) is 3. The van der Waals surface area contributed by atoms with Crippen molar-refractivity contribution in [2.45, 2.75) is 0 Å². The number of rotatable bonds is 2. The topological polar surface area (TPSA) is 92.4 Å². The van der Waals surface area contributed by atoms with Crippen LogP contribution in [0.3, 0.4) is 0 Å². The highest BCUT2D eigenvalue weighted by Gasteiger charge is 2.17. The number of carboxylic acid groups (broad SMARTS) is 1. The minimum atomic E-state index is -1.16. The van der Waals surface area contributed by atoms with E-state index in [0.29, 0.717) is 0 Å². The van der Waals surface area contributed by atoms with E-state index >= 15 is 0 Å². The van der Waals surface area contributed by atoms with Crippen LogP contribution in [0.25, 0.3) is 21.5 Å². The first-order valence-electron chi connectivity index (χ1n) is 6.31. The van der Waals surface area contributed by atoms with Crippen LogP contribution < -0.4 is 11.3 Å². The van der Waals surface area contributed by atoms with Crippen molar-refractivity contribution < 1.29 is 14.7 Å². The maximum absolute atomic E-state index is 11.7. The summed E-state index contributed by atoms with van der Waals surface area (Å²) in [5.74, 6) is 3.33. The van der Waals surface area contributed by atoms with Crippen molar-refractivity contribution in [3.63, 3.8) is 0 Å². The summed E-state index contributed by atoms with van der Waals surface area (Å²) in [7, 11) is 0. The van der Waals surface area contributed by atoms with Crippen LogP contribution in [0, 0.1) is 0 Å². The van der Waals surface area contributed by atoms with Gasteiger partial charge in [0.25, 0.3) is 5.91 Å². The van der Waals surface area contributed by atoms with Gasteiger partial charge in [-0.1, -0.05) is 24.3 Å². The van der Waals surface area contributed by atoms with Gasteiger partial charge in [0.15, 0.2) is 0 Å². The lowest BCUT2D eigenvalue weighted by Crippen LogP contribution is -2.31. The Hall–Kier alpha value is -2.92. The summed E-state index contributed by atoms with van der Waals surface area (Å²) in [6.07, 6.45) is 0. The predicted molar refractivity (Wildman–Crippen MR) is 80.1 cm³/mol. The lowest BCUT2D eigenvalue weighted by Gasteiger charge is -2.08. The third kappa shape index (κ3) is 2.19. The van der Waals surface area contributed by atoms with Crippen molar-refractivity contribution in [3.05, 3.63) is 59.7 Å². The molecule has 0 aliphatic carbocycles. The van der Waals surface area contributed by atoms with Gasteiger partial charge >= 0.3 is 5.97 Å². The fraction of sp³-hybridized carbons (Fsp3) is 0. The van der Waals surface area contributed by atoms with Crippen LogP contribution in [0.1, 0.15) is 20.7 Å². The number of nitrogen functional groups attached to an aromatic ring is 1. The molecule has 0 atom stereocenters. The summed E-state index contributed by atoms with van der Waals surface area (Å²) in [6, 6.07) is 14.6. The minimum Gasteiger partial charge on any atom is -0.478 e. The number of nitrogens with one attached hydrogen (secondary N) is 1. The molecule has 3 aromatic rings. The molecule has 104 valence electrons. The van der Waals surface area contributed by atoms with E-state index in [1.165, 1.54) is 6.07 Å². The largest absolute Gasteiger partial charge is 0.478 e. The molecule has 4 N–H and O–H groups in total. The van der Waals surface area contributed by atoms with Gasteiger partial charge in [-0.05, 0) is 45.8 Å². The molecule has 0 saturated carbocycles. The van der Waals surface area contributed by atoms with Gasteiger partial charge in [0.2, 0.25) is 0 Å². The molecular formula is C16H12N2O3. The highest BCUT2D eigenvalue weighted by Crippen LogP contribution is 2.26. The lowest BCUT2D eigenvalue weighted by molar-refractivity contribution is 0.0691. The van der Waals surface area contributed by atoms with Crippen LogP contribution in [-0.2, 0) is 0 Å². The number of aromatic carboxylic acids is 1. The van der Waals surface area contributed by atoms with Crippen LogP contribution in [0.15, 0.2) is 48.5 Å². The van der Waals surface area contributed by atoms with Crippen LogP contribution >= 0.6 is 0 Å². The van der Waals surface area contributed by atoms with Gasteiger partial charge < -0.3 is 5.11 Å². The number of hydrazine groups is 1. The Morgan fingerprint density at radius 2 is 1.38 bits per heavy atom. The molecule has 3 aromatic carbocycles. The molecular weight excluding hydrogens is 268 g/mol. The molecule has 0 bridgehead atoms. The van der Waals surface area contributed by atoms with E-state index in [9.17, 15) is 14.7 Å². The standard InChI is InChI=1S/C16H12N2O3/c17-18-15(19)13-7-11-5-9-3-1-2-4-10(9)6-12(11)8-14(13)16(20)21/h1-8H,17H2,(H,18,19)(H,20,21). The number of carboxylic acids is 1. The van der Waals surface area contributed by atoms with Gasteiger partial charge in [0.05, 0.1) is 11.1 Å². The van der Waals surface area contributed by atoms with E-state index in [-0.39, 0.29) is 11.1 Å².